The molecule has 1 amide bonds. The molecule has 2 aliphatic rings. The zero-order chi connectivity index (χ0) is 13.0. The van der Waals surface area contributed by atoms with Crippen molar-refractivity contribution in [3.05, 3.63) is 23.8 Å². The summed E-state index contributed by atoms with van der Waals surface area (Å²) < 4.78 is 5.99. The molecule has 1 heterocycles. The van der Waals surface area contributed by atoms with E-state index in [1.165, 1.54) is 5.56 Å². The highest BCUT2D eigenvalue weighted by atomic mass is 16.5. The van der Waals surface area contributed by atoms with E-state index in [9.17, 15) is 4.79 Å². The van der Waals surface area contributed by atoms with Crippen LogP contribution in [0.15, 0.2) is 18.2 Å². The average Bonchev–Trinajstić information content (AvgIpc) is 2.24. The normalized spacial score (nSPS) is 20.7. The third-order valence-electron chi connectivity index (χ3n) is 3.98. The summed E-state index contributed by atoms with van der Waals surface area (Å²) >= 11 is 0. The minimum absolute atomic E-state index is 0.0183. The Hall–Kier alpha value is -1.51. The number of nitrogens with one attached hydrogen (secondary N) is 1. The third kappa shape index (κ3) is 1.61. The number of hydrogen-bond acceptors (Lipinski definition) is 2. The second-order valence-corrected chi connectivity index (χ2v) is 6.36. The topological polar surface area (TPSA) is 38.3 Å². The highest BCUT2D eigenvalue weighted by Gasteiger charge is 2.49. The van der Waals surface area contributed by atoms with Gasteiger partial charge in [0.2, 0.25) is 0 Å². The van der Waals surface area contributed by atoms with Gasteiger partial charge in [0.05, 0.1) is 5.69 Å². The highest BCUT2D eigenvalue weighted by molar-refractivity contribution is 6.01. The molecule has 1 aliphatic carbocycles. The molecule has 0 bridgehead atoms. The Balaban J connectivity index is 2.00. The fourth-order valence-corrected chi connectivity index (χ4v) is 2.50. The van der Waals surface area contributed by atoms with Crippen molar-refractivity contribution in [3.8, 4) is 5.75 Å². The molecular weight excluding hydrogens is 226 g/mol. The van der Waals surface area contributed by atoms with Gasteiger partial charge < -0.3 is 10.1 Å². The summed E-state index contributed by atoms with van der Waals surface area (Å²) in [7, 11) is 0. The number of fused-ring (bicyclic) bond motifs is 1. The molecule has 18 heavy (non-hydrogen) atoms. The van der Waals surface area contributed by atoms with Crippen LogP contribution in [-0.4, -0.2) is 11.5 Å². The van der Waals surface area contributed by atoms with Crippen LogP contribution in [0.2, 0.25) is 0 Å². The SMILES string of the molecule is CC(C)(C)c1ccc2c(c1)OC1(CCC1)C(=O)N2. The van der Waals surface area contributed by atoms with E-state index < -0.39 is 5.60 Å². The molecule has 1 spiro atoms. The second-order valence-electron chi connectivity index (χ2n) is 6.36. The van der Waals surface area contributed by atoms with Crippen molar-refractivity contribution in [3.63, 3.8) is 0 Å². The molecule has 3 heteroatoms. The zero-order valence-corrected chi connectivity index (χ0v) is 11.2. The largest absolute Gasteiger partial charge is 0.475 e. The maximum absolute atomic E-state index is 12.0. The number of hydrogen-bond donors (Lipinski definition) is 1. The lowest BCUT2D eigenvalue weighted by atomic mass is 9.78. The van der Waals surface area contributed by atoms with Crippen molar-refractivity contribution in [1.82, 2.24) is 0 Å². The predicted molar refractivity (Wildman–Crippen MR) is 71.0 cm³/mol. The second kappa shape index (κ2) is 3.50. The van der Waals surface area contributed by atoms with Crippen molar-refractivity contribution in [2.24, 2.45) is 0 Å². The zero-order valence-electron chi connectivity index (χ0n) is 11.2. The molecule has 1 N–H and O–H groups in total. The molecule has 3 rings (SSSR count). The maximum Gasteiger partial charge on any atom is 0.268 e. The molecule has 3 nitrogen and oxygen atoms in total. The van der Waals surface area contributed by atoms with E-state index in [2.05, 4.69) is 38.2 Å². The lowest BCUT2D eigenvalue weighted by Gasteiger charge is -2.43. The third-order valence-corrected chi connectivity index (χ3v) is 3.98. The molecule has 1 fully saturated rings. The first-order valence-corrected chi connectivity index (χ1v) is 6.56. The van der Waals surface area contributed by atoms with Gasteiger partial charge in [0.1, 0.15) is 5.75 Å². The van der Waals surface area contributed by atoms with Gasteiger partial charge in [-0.05, 0) is 42.4 Å². The van der Waals surface area contributed by atoms with Gasteiger partial charge in [-0.15, -0.1) is 0 Å². The molecule has 1 aliphatic heterocycles. The average molecular weight is 245 g/mol. The molecule has 1 saturated carbocycles. The van der Waals surface area contributed by atoms with Gasteiger partial charge in [0.25, 0.3) is 5.91 Å². The first kappa shape index (κ1) is 11.6. The quantitative estimate of drug-likeness (QED) is 0.762. The number of benzene rings is 1. The standard InChI is InChI=1S/C15H19NO2/c1-14(2,3)10-5-6-11-12(9-10)18-15(7-4-8-15)13(17)16-11/h5-6,9H,4,7-8H2,1-3H3,(H,16,17). The number of rotatable bonds is 0. The summed E-state index contributed by atoms with van der Waals surface area (Å²) in [6.07, 6.45) is 2.73. The summed E-state index contributed by atoms with van der Waals surface area (Å²) in [6.45, 7) is 6.53. The number of anilines is 1. The lowest BCUT2D eigenvalue weighted by molar-refractivity contribution is -0.139. The van der Waals surface area contributed by atoms with E-state index in [0.29, 0.717) is 0 Å². The van der Waals surface area contributed by atoms with Gasteiger partial charge in [-0.3, -0.25) is 4.79 Å². The lowest BCUT2D eigenvalue weighted by Crippen LogP contribution is -2.55. The first-order chi connectivity index (χ1) is 8.41. The molecule has 0 aromatic heterocycles. The number of amides is 1. The van der Waals surface area contributed by atoms with Crippen LogP contribution in [-0.2, 0) is 10.2 Å². The Kier molecular flexibility index (Phi) is 2.25. The fourth-order valence-electron chi connectivity index (χ4n) is 2.50. The molecular formula is C15H19NO2. The van der Waals surface area contributed by atoms with Crippen molar-refractivity contribution in [2.75, 3.05) is 5.32 Å². The van der Waals surface area contributed by atoms with E-state index in [1.54, 1.807) is 0 Å². The predicted octanol–water partition coefficient (Wildman–Crippen LogP) is 3.24. The molecule has 0 unspecified atom stereocenters. The van der Waals surface area contributed by atoms with E-state index in [4.69, 9.17) is 4.74 Å². The Morgan fingerprint density at radius 1 is 1.28 bits per heavy atom. The van der Waals surface area contributed by atoms with Crippen LogP contribution in [0.3, 0.4) is 0 Å². The van der Waals surface area contributed by atoms with E-state index in [0.717, 1.165) is 30.7 Å². The summed E-state index contributed by atoms with van der Waals surface area (Å²) in [4.78, 5) is 12.0. The molecule has 0 saturated heterocycles. The van der Waals surface area contributed by atoms with Gasteiger partial charge in [-0.2, -0.15) is 0 Å². The van der Waals surface area contributed by atoms with Gasteiger partial charge in [0, 0.05) is 0 Å². The Morgan fingerprint density at radius 3 is 2.56 bits per heavy atom. The van der Waals surface area contributed by atoms with Gasteiger partial charge in [0.15, 0.2) is 5.60 Å². The van der Waals surface area contributed by atoms with Crippen LogP contribution < -0.4 is 10.1 Å². The van der Waals surface area contributed by atoms with Crippen LogP contribution in [0.1, 0.15) is 45.6 Å². The van der Waals surface area contributed by atoms with Crippen molar-refractivity contribution in [2.45, 2.75) is 51.0 Å². The number of carbonyl (C=O) groups excluding carboxylic acids is 1. The van der Waals surface area contributed by atoms with Crippen molar-refractivity contribution >= 4 is 11.6 Å². The minimum Gasteiger partial charge on any atom is -0.475 e. The number of ether oxygens (including phenoxy) is 1. The first-order valence-electron chi connectivity index (χ1n) is 6.56. The Labute approximate surface area is 108 Å². The molecule has 0 atom stereocenters. The fraction of sp³-hybridized carbons (Fsp3) is 0.533. The Morgan fingerprint density at radius 2 is 2.00 bits per heavy atom. The maximum atomic E-state index is 12.0. The summed E-state index contributed by atoms with van der Waals surface area (Å²) in [5.74, 6) is 0.839. The van der Waals surface area contributed by atoms with Crippen LogP contribution in [0.4, 0.5) is 5.69 Å². The molecule has 1 aromatic rings. The summed E-state index contributed by atoms with van der Waals surface area (Å²) in [6, 6.07) is 6.06. The van der Waals surface area contributed by atoms with Crippen LogP contribution in [0.25, 0.3) is 0 Å². The highest BCUT2D eigenvalue weighted by Crippen LogP contribution is 2.44. The molecule has 1 aromatic carbocycles. The van der Waals surface area contributed by atoms with Crippen molar-refractivity contribution in [1.29, 1.82) is 0 Å². The van der Waals surface area contributed by atoms with E-state index in [1.807, 2.05) is 6.07 Å². The smallest absolute Gasteiger partial charge is 0.268 e. The van der Waals surface area contributed by atoms with Crippen LogP contribution in [0.5, 0.6) is 5.75 Å². The van der Waals surface area contributed by atoms with Gasteiger partial charge in [-0.1, -0.05) is 26.8 Å². The van der Waals surface area contributed by atoms with E-state index in [-0.39, 0.29) is 11.3 Å². The van der Waals surface area contributed by atoms with Crippen molar-refractivity contribution < 1.29 is 9.53 Å². The summed E-state index contributed by atoms with van der Waals surface area (Å²) in [5, 5.41) is 2.97. The Bertz CT molecular complexity index is 510. The van der Waals surface area contributed by atoms with Crippen LogP contribution in [0, 0.1) is 0 Å². The van der Waals surface area contributed by atoms with Gasteiger partial charge >= 0.3 is 0 Å². The minimum atomic E-state index is -0.580. The molecule has 0 radical (unpaired) electrons. The van der Waals surface area contributed by atoms with Gasteiger partial charge in [-0.25, -0.2) is 0 Å². The molecule has 96 valence electrons. The number of carbonyl (C=O) groups is 1. The summed E-state index contributed by atoms with van der Waals surface area (Å²) in [5.41, 5.74) is 1.54. The van der Waals surface area contributed by atoms with E-state index >= 15 is 0 Å². The van der Waals surface area contributed by atoms with Crippen LogP contribution >= 0.6 is 0 Å². The monoisotopic (exact) mass is 245 g/mol.